The Kier molecular flexibility index (Phi) is 7.21. The van der Waals surface area contributed by atoms with Gasteiger partial charge in [0.1, 0.15) is 0 Å². The molecule has 0 atom stereocenters. The lowest BCUT2D eigenvalue weighted by atomic mass is 10.1. The number of benzene rings is 3. The molecule has 1 N–H and O–H groups in total. The zero-order valence-electron chi connectivity index (χ0n) is 16.7. The van der Waals surface area contributed by atoms with Crippen LogP contribution in [-0.2, 0) is 12.8 Å². The normalized spacial score (nSPS) is 10.5. The van der Waals surface area contributed by atoms with Crippen molar-refractivity contribution in [3.63, 3.8) is 0 Å². The average Bonchev–Trinajstić information content (AvgIpc) is 2.71. The molecule has 0 saturated carbocycles. The minimum absolute atomic E-state index is 0.791. The van der Waals surface area contributed by atoms with Crippen molar-refractivity contribution in [3.8, 4) is 0 Å². The third-order valence-electron chi connectivity index (χ3n) is 4.94. The van der Waals surface area contributed by atoms with E-state index in [0.717, 1.165) is 36.7 Å². The minimum Gasteiger partial charge on any atom is -0.348 e. The number of hydrogen-bond donors (Lipinski definition) is 1. The van der Waals surface area contributed by atoms with E-state index in [9.17, 15) is 0 Å². The van der Waals surface area contributed by atoms with Crippen molar-refractivity contribution >= 4 is 23.0 Å². The quantitative estimate of drug-likeness (QED) is 0.516. The molecule has 0 spiro atoms. The van der Waals surface area contributed by atoms with Gasteiger partial charge in [-0.2, -0.15) is 0 Å². The Morgan fingerprint density at radius 1 is 0.786 bits per heavy atom. The van der Waals surface area contributed by atoms with Gasteiger partial charge in [-0.3, -0.25) is 0 Å². The highest BCUT2D eigenvalue weighted by Gasteiger charge is 2.11. The molecule has 0 aliphatic carbocycles. The summed E-state index contributed by atoms with van der Waals surface area (Å²) in [7, 11) is 0. The second-order valence-electron chi connectivity index (χ2n) is 7.21. The Morgan fingerprint density at radius 3 is 1.82 bits per heavy atom. The number of hydrogen-bond acceptors (Lipinski definition) is 1. The van der Waals surface area contributed by atoms with Crippen LogP contribution in [-0.4, -0.2) is 23.1 Å². The summed E-state index contributed by atoms with van der Waals surface area (Å²) in [5.41, 5.74) is 6.23. The first-order valence-corrected chi connectivity index (χ1v) is 10.2. The summed E-state index contributed by atoms with van der Waals surface area (Å²) in [5.74, 6) is 0. The van der Waals surface area contributed by atoms with Gasteiger partial charge in [0.25, 0.3) is 0 Å². The van der Waals surface area contributed by atoms with Crippen LogP contribution in [0.3, 0.4) is 0 Å². The maximum atomic E-state index is 5.80. The van der Waals surface area contributed by atoms with Crippen LogP contribution < -0.4 is 5.32 Å². The SMILES string of the molecule is Cc1ccc(NC(=S)N(CCc2ccccc2)CCc2ccccc2)c(C)c1. The van der Waals surface area contributed by atoms with Gasteiger partial charge in [-0.1, -0.05) is 78.4 Å². The van der Waals surface area contributed by atoms with E-state index in [1.165, 1.54) is 22.3 Å². The molecule has 0 fully saturated rings. The molecule has 0 amide bonds. The van der Waals surface area contributed by atoms with Crippen LogP contribution in [0.2, 0.25) is 0 Å². The van der Waals surface area contributed by atoms with Gasteiger partial charge in [0.05, 0.1) is 0 Å². The Hall–Kier alpha value is -2.65. The Balaban J connectivity index is 1.68. The van der Waals surface area contributed by atoms with Crippen molar-refractivity contribution in [2.45, 2.75) is 26.7 Å². The Labute approximate surface area is 174 Å². The first kappa shape index (κ1) is 20.1. The van der Waals surface area contributed by atoms with E-state index < -0.39 is 0 Å². The van der Waals surface area contributed by atoms with Gasteiger partial charge in [0.15, 0.2) is 5.11 Å². The highest BCUT2D eigenvalue weighted by Crippen LogP contribution is 2.17. The number of rotatable bonds is 7. The maximum absolute atomic E-state index is 5.80. The third kappa shape index (κ3) is 5.93. The second kappa shape index (κ2) is 10.0. The van der Waals surface area contributed by atoms with E-state index in [0.29, 0.717) is 0 Å². The molecule has 0 aliphatic rings. The van der Waals surface area contributed by atoms with Crippen LogP contribution in [0.4, 0.5) is 5.69 Å². The fourth-order valence-corrected chi connectivity index (χ4v) is 3.57. The zero-order chi connectivity index (χ0) is 19.8. The molecule has 3 aromatic carbocycles. The van der Waals surface area contributed by atoms with Crippen LogP contribution in [0.5, 0.6) is 0 Å². The molecule has 0 radical (unpaired) electrons. The number of aryl methyl sites for hydroxylation is 2. The van der Waals surface area contributed by atoms with Crippen molar-refractivity contribution in [3.05, 3.63) is 101 Å². The van der Waals surface area contributed by atoms with Gasteiger partial charge >= 0.3 is 0 Å². The van der Waals surface area contributed by atoms with E-state index in [2.05, 4.69) is 103 Å². The van der Waals surface area contributed by atoms with E-state index in [1.54, 1.807) is 0 Å². The number of thiocarbonyl (C=S) groups is 1. The average molecular weight is 389 g/mol. The van der Waals surface area contributed by atoms with Gasteiger partial charge in [-0.05, 0) is 61.7 Å². The van der Waals surface area contributed by atoms with Gasteiger partial charge in [0, 0.05) is 18.8 Å². The van der Waals surface area contributed by atoms with E-state index in [1.807, 2.05) is 0 Å². The predicted molar refractivity (Wildman–Crippen MR) is 124 cm³/mol. The summed E-state index contributed by atoms with van der Waals surface area (Å²) < 4.78 is 0. The van der Waals surface area contributed by atoms with Crippen LogP contribution >= 0.6 is 12.2 Å². The van der Waals surface area contributed by atoms with Crippen LogP contribution in [0.25, 0.3) is 0 Å². The largest absolute Gasteiger partial charge is 0.348 e. The molecule has 0 unspecified atom stereocenters. The minimum atomic E-state index is 0.791. The fourth-order valence-electron chi connectivity index (χ4n) is 3.28. The van der Waals surface area contributed by atoms with Crippen molar-refractivity contribution in [2.24, 2.45) is 0 Å². The fraction of sp³-hybridized carbons (Fsp3) is 0.240. The molecule has 0 aliphatic heterocycles. The van der Waals surface area contributed by atoms with Crippen molar-refractivity contribution in [2.75, 3.05) is 18.4 Å². The molecule has 3 heteroatoms. The predicted octanol–water partition coefficient (Wildman–Crippen LogP) is 5.79. The highest BCUT2D eigenvalue weighted by atomic mass is 32.1. The summed E-state index contributed by atoms with van der Waals surface area (Å²) in [6.45, 7) is 6.03. The third-order valence-corrected chi connectivity index (χ3v) is 5.30. The maximum Gasteiger partial charge on any atom is 0.173 e. The van der Waals surface area contributed by atoms with Crippen molar-refractivity contribution < 1.29 is 0 Å². The zero-order valence-corrected chi connectivity index (χ0v) is 17.5. The molecule has 0 bridgehead atoms. The van der Waals surface area contributed by atoms with E-state index >= 15 is 0 Å². The van der Waals surface area contributed by atoms with Crippen LogP contribution in [0.15, 0.2) is 78.9 Å². The summed E-state index contributed by atoms with van der Waals surface area (Å²) in [4.78, 5) is 2.29. The van der Waals surface area contributed by atoms with Gasteiger partial charge in [0.2, 0.25) is 0 Å². The molecule has 0 heterocycles. The van der Waals surface area contributed by atoms with E-state index in [-0.39, 0.29) is 0 Å². The first-order chi connectivity index (χ1) is 13.6. The van der Waals surface area contributed by atoms with Gasteiger partial charge < -0.3 is 10.2 Å². The lowest BCUT2D eigenvalue weighted by molar-refractivity contribution is 0.432. The highest BCUT2D eigenvalue weighted by molar-refractivity contribution is 7.80. The second-order valence-corrected chi connectivity index (χ2v) is 7.59. The molecule has 144 valence electrons. The summed E-state index contributed by atoms with van der Waals surface area (Å²) >= 11 is 5.80. The topological polar surface area (TPSA) is 15.3 Å². The molecular weight excluding hydrogens is 360 g/mol. The number of anilines is 1. The lowest BCUT2D eigenvalue weighted by Gasteiger charge is -2.27. The molecule has 0 saturated heterocycles. The monoisotopic (exact) mass is 388 g/mol. The molecule has 0 aromatic heterocycles. The summed E-state index contributed by atoms with van der Waals surface area (Å²) in [5, 5.41) is 4.26. The van der Waals surface area contributed by atoms with Gasteiger partial charge in [-0.25, -0.2) is 0 Å². The molecule has 3 aromatic rings. The van der Waals surface area contributed by atoms with Gasteiger partial charge in [-0.15, -0.1) is 0 Å². The Bertz CT molecular complexity index is 847. The van der Waals surface area contributed by atoms with Crippen molar-refractivity contribution in [1.82, 2.24) is 4.90 Å². The molecular formula is C25H28N2S. The van der Waals surface area contributed by atoms with Crippen molar-refractivity contribution in [1.29, 1.82) is 0 Å². The smallest absolute Gasteiger partial charge is 0.173 e. The summed E-state index contributed by atoms with van der Waals surface area (Å²) in [6, 6.07) is 27.6. The van der Waals surface area contributed by atoms with Crippen LogP contribution in [0.1, 0.15) is 22.3 Å². The Morgan fingerprint density at radius 2 is 1.32 bits per heavy atom. The van der Waals surface area contributed by atoms with Crippen LogP contribution in [0, 0.1) is 13.8 Å². The first-order valence-electron chi connectivity index (χ1n) is 9.83. The molecule has 28 heavy (non-hydrogen) atoms. The summed E-state index contributed by atoms with van der Waals surface area (Å²) in [6.07, 6.45) is 1.95. The molecule has 3 rings (SSSR count). The number of nitrogens with one attached hydrogen (secondary N) is 1. The lowest BCUT2D eigenvalue weighted by Crippen LogP contribution is -2.38. The number of nitrogens with zero attached hydrogens (tertiary/aromatic N) is 1. The molecule has 2 nitrogen and oxygen atoms in total. The standard InChI is InChI=1S/C25H28N2S/c1-20-13-14-24(21(2)19-20)26-25(28)27(17-15-22-9-5-3-6-10-22)18-16-23-11-7-4-8-12-23/h3-14,19H,15-18H2,1-2H3,(H,26,28). The van der Waals surface area contributed by atoms with E-state index in [4.69, 9.17) is 12.2 Å².